The highest BCUT2D eigenvalue weighted by atomic mass is 19.1. The minimum atomic E-state index is -0.849. The van der Waals surface area contributed by atoms with Crippen molar-refractivity contribution >= 4 is 11.9 Å². The second-order valence-corrected chi connectivity index (χ2v) is 6.90. The van der Waals surface area contributed by atoms with E-state index in [1.165, 1.54) is 6.07 Å². The maximum Gasteiger partial charge on any atom is 0.310 e. The standard InChI is InChI=1S/C21H21F4NO3/c1-12(2)19(29-21(28)8-14-4-6-16(23)10-18(14)25)11-26-20(27)7-13-3-5-15(22)9-17(13)24/h3-6,9-10,12,19H,7-8,11H2,1-2H3,(H,26,27)/t19-/m1/s1. The normalized spacial score (nSPS) is 12.0. The molecule has 0 aliphatic rings. The highest BCUT2D eigenvalue weighted by Crippen LogP contribution is 2.14. The van der Waals surface area contributed by atoms with Gasteiger partial charge in [0.05, 0.1) is 19.4 Å². The van der Waals surface area contributed by atoms with Crippen LogP contribution in [0.1, 0.15) is 25.0 Å². The summed E-state index contributed by atoms with van der Waals surface area (Å²) in [5.74, 6) is -4.59. The van der Waals surface area contributed by atoms with E-state index >= 15 is 0 Å². The van der Waals surface area contributed by atoms with Gasteiger partial charge in [0.1, 0.15) is 29.4 Å². The fourth-order valence-corrected chi connectivity index (χ4v) is 2.56. The van der Waals surface area contributed by atoms with Gasteiger partial charge in [-0.05, 0) is 29.2 Å². The summed E-state index contributed by atoms with van der Waals surface area (Å²) < 4.78 is 58.5. The SMILES string of the molecule is CC(C)[C@@H](CNC(=O)Cc1ccc(F)cc1F)OC(=O)Cc1ccc(F)cc1F. The highest BCUT2D eigenvalue weighted by molar-refractivity contribution is 5.78. The molecule has 0 spiro atoms. The van der Waals surface area contributed by atoms with Crippen LogP contribution in [0.4, 0.5) is 17.6 Å². The van der Waals surface area contributed by atoms with Crippen molar-refractivity contribution in [2.75, 3.05) is 6.54 Å². The molecule has 0 radical (unpaired) electrons. The number of nitrogens with one attached hydrogen (secondary N) is 1. The zero-order valence-electron chi connectivity index (χ0n) is 16.0. The van der Waals surface area contributed by atoms with E-state index in [1.54, 1.807) is 13.8 Å². The number of hydrogen-bond acceptors (Lipinski definition) is 3. The number of halogens is 4. The Morgan fingerprint density at radius 1 is 0.897 bits per heavy atom. The molecule has 0 aliphatic carbocycles. The maximum absolute atomic E-state index is 13.7. The van der Waals surface area contributed by atoms with E-state index in [0.29, 0.717) is 12.1 Å². The number of amides is 1. The van der Waals surface area contributed by atoms with Gasteiger partial charge in [-0.3, -0.25) is 9.59 Å². The fraction of sp³-hybridized carbons (Fsp3) is 0.333. The summed E-state index contributed by atoms with van der Waals surface area (Å²) in [7, 11) is 0. The molecular weight excluding hydrogens is 390 g/mol. The van der Waals surface area contributed by atoms with E-state index in [-0.39, 0.29) is 36.4 Å². The zero-order valence-corrected chi connectivity index (χ0v) is 16.0. The van der Waals surface area contributed by atoms with E-state index in [1.807, 2.05) is 0 Å². The Hall–Kier alpha value is -2.90. The molecule has 0 aliphatic heterocycles. The van der Waals surface area contributed by atoms with Crippen LogP contribution in [0.5, 0.6) is 0 Å². The maximum atomic E-state index is 13.7. The average molecular weight is 411 g/mol. The number of esters is 1. The first-order valence-electron chi connectivity index (χ1n) is 8.99. The average Bonchev–Trinajstić information content (AvgIpc) is 2.63. The first kappa shape index (κ1) is 22.4. The smallest absolute Gasteiger partial charge is 0.310 e. The first-order chi connectivity index (χ1) is 13.7. The van der Waals surface area contributed by atoms with Crippen molar-refractivity contribution in [2.45, 2.75) is 32.8 Å². The second-order valence-electron chi connectivity index (χ2n) is 6.90. The van der Waals surface area contributed by atoms with Gasteiger partial charge < -0.3 is 10.1 Å². The molecule has 2 rings (SSSR count). The van der Waals surface area contributed by atoms with Crippen molar-refractivity contribution in [1.29, 1.82) is 0 Å². The lowest BCUT2D eigenvalue weighted by molar-refractivity contribution is -0.150. The molecule has 0 saturated heterocycles. The third-order valence-electron chi connectivity index (χ3n) is 4.24. The first-order valence-corrected chi connectivity index (χ1v) is 8.99. The number of rotatable bonds is 8. The van der Waals surface area contributed by atoms with Gasteiger partial charge in [0.15, 0.2) is 0 Å². The van der Waals surface area contributed by atoms with Gasteiger partial charge >= 0.3 is 5.97 Å². The summed E-state index contributed by atoms with van der Waals surface area (Å²) in [4.78, 5) is 24.1. The van der Waals surface area contributed by atoms with Gasteiger partial charge in [0, 0.05) is 12.1 Å². The van der Waals surface area contributed by atoms with Gasteiger partial charge in [-0.1, -0.05) is 26.0 Å². The number of ether oxygens (including phenoxy) is 1. The van der Waals surface area contributed by atoms with Gasteiger partial charge in [0.25, 0.3) is 0 Å². The summed E-state index contributed by atoms with van der Waals surface area (Å²) in [6, 6.07) is 5.81. The molecule has 0 aromatic heterocycles. The van der Waals surface area contributed by atoms with Crippen molar-refractivity contribution in [3.05, 3.63) is 70.8 Å². The van der Waals surface area contributed by atoms with Crippen LogP contribution in [0.15, 0.2) is 36.4 Å². The van der Waals surface area contributed by atoms with Crippen LogP contribution in [0.2, 0.25) is 0 Å². The molecule has 1 N–H and O–H groups in total. The molecule has 156 valence electrons. The van der Waals surface area contributed by atoms with Crippen molar-refractivity contribution in [3.63, 3.8) is 0 Å². The highest BCUT2D eigenvalue weighted by Gasteiger charge is 2.21. The largest absolute Gasteiger partial charge is 0.460 e. The van der Waals surface area contributed by atoms with Crippen LogP contribution in [0.3, 0.4) is 0 Å². The fourth-order valence-electron chi connectivity index (χ4n) is 2.56. The molecular formula is C21H21F4NO3. The zero-order chi connectivity index (χ0) is 21.6. The Labute approximate surface area is 165 Å². The third kappa shape index (κ3) is 6.89. The molecule has 2 aromatic carbocycles. The van der Waals surface area contributed by atoms with Gasteiger partial charge in [0.2, 0.25) is 5.91 Å². The molecule has 29 heavy (non-hydrogen) atoms. The van der Waals surface area contributed by atoms with E-state index in [4.69, 9.17) is 4.74 Å². The van der Waals surface area contributed by atoms with Crippen LogP contribution < -0.4 is 5.32 Å². The lowest BCUT2D eigenvalue weighted by Gasteiger charge is -2.22. The Morgan fingerprint density at radius 2 is 1.41 bits per heavy atom. The molecule has 4 nitrogen and oxygen atoms in total. The molecule has 0 heterocycles. The van der Waals surface area contributed by atoms with Gasteiger partial charge in [-0.2, -0.15) is 0 Å². The summed E-state index contributed by atoms with van der Waals surface area (Å²) in [5.41, 5.74) is 0.0310. The van der Waals surface area contributed by atoms with Crippen LogP contribution in [-0.2, 0) is 27.2 Å². The van der Waals surface area contributed by atoms with E-state index in [9.17, 15) is 27.2 Å². The minimum Gasteiger partial charge on any atom is -0.460 e. The minimum absolute atomic E-state index is 0.00488. The predicted molar refractivity (Wildman–Crippen MR) is 97.9 cm³/mol. The number of carbonyl (C=O) groups is 2. The molecule has 0 fully saturated rings. The van der Waals surface area contributed by atoms with Crippen LogP contribution in [0.25, 0.3) is 0 Å². The molecule has 1 atom stereocenters. The van der Waals surface area contributed by atoms with Crippen molar-refractivity contribution in [2.24, 2.45) is 5.92 Å². The lowest BCUT2D eigenvalue weighted by atomic mass is 10.1. The summed E-state index contributed by atoms with van der Waals surface area (Å²) in [6.07, 6.45) is -1.39. The Bertz CT molecular complexity index is 886. The predicted octanol–water partition coefficient (Wildman–Crippen LogP) is 3.71. The summed E-state index contributed by atoms with van der Waals surface area (Å²) in [5, 5.41) is 2.54. The van der Waals surface area contributed by atoms with E-state index in [0.717, 1.165) is 18.2 Å². The molecule has 0 unspecified atom stereocenters. The molecule has 0 bridgehead atoms. The lowest BCUT2D eigenvalue weighted by Crippen LogP contribution is -2.38. The van der Waals surface area contributed by atoms with Gasteiger partial charge in [-0.15, -0.1) is 0 Å². The Morgan fingerprint density at radius 3 is 1.90 bits per heavy atom. The van der Waals surface area contributed by atoms with Crippen LogP contribution >= 0.6 is 0 Å². The number of carbonyl (C=O) groups excluding carboxylic acids is 2. The Balaban J connectivity index is 1.90. The topological polar surface area (TPSA) is 55.4 Å². The van der Waals surface area contributed by atoms with E-state index < -0.39 is 41.2 Å². The van der Waals surface area contributed by atoms with Crippen LogP contribution in [0, 0.1) is 29.2 Å². The monoisotopic (exact) mass is 411 g/mol. The molecule has 8 heteroatoms. The van der Waals surface area contributed by atoms with E-state index in [2.05, 4.69) is 5.32 Å². The van der Waals surface area contributed by atoms with Crippen LogP contribution in [-0.4, -0.2) is 24.5 Å². The molecule has 0 saturated carbocycles. The van der Waals surface area contributed by atoms with Crippen molar-refractivity contribution in [1.82, 2.24) is 5.32 Å². The third-order valence-corrected chi connectivity index (χ3v) is 4.24. The summed E-state index contributed by atoms with van der Waals surface area (Å²) in [6.45, 7) is 3.50. The number of hydrogen-bond donors (Lipinski definition) is 1. The summed E-state index contributed by atoms with van der Waals surface area (Å²) >= 11 is 0. The second kappa shape index (κ2) is 10.0. The van der Waals surface area contributed by atoms with Gasteiger partial charge in [-0.25, -0.2) is 17.6 Å². The van der Waals surface area contributed by atoms with Crippen molar-refractivity contribution in [3.8, 4) is 0 Å². The van der Waals surface area contributed by atoms with Crippen molar-refractivity contribution < 1.29 is 31.9 Å². The molecule has 2 aromatic rings. The molecule has 1 amide bonds. The number of benzene rings is 2. The Kier molecular flexibility index (Phi) is 7.75. The quantitative estimate of drug-likeness (QED) is 0.532.